The maximum Gasteiger partial charge on any atom is 0.144 e. The van der Waals surface area contributed by atoms with E-state index in [0.29, 0.717) is 0 Å². The molecule has 0 fully saturated rings. The molecule has 1 atom stereocenters. The van der Waals surface area contributed by atoms with Gasteiger partial charge in [0.05, 0.1) is 6.10 Å². The van der Waals surface area contributed by atoms with Gasteiger partial charge in [-0.25, -0.2) is 0 Å². The molecule has 26 heavy (non-hydrogen) atoms. The van der Waals surface area contributed by atoms with Crippen molar-refractivity contribution in [3.8, 4) is 0 Å². The third-order valence-corrected chi connectivity index (χ3v) is 4.54. The van der Waals surface area contributed by atoms with Gasteiger partial charge in [-0.3, -0.25) is 0 Å². The molecular formula is C24H27NO. The van der Waals surface area contributed by atoms with Crippen LogP contribution in [0.4, 0.5) is 0 Å². The van der Waals surface area contributed by atoms with Gasteiger partial charge in [0, 0.05) is 6.54 Å². The largest absolute Gasteiger partial charge is 0.357 e. The SMILES string of the molecule is CC(CN(C)C)OC(c1ccccc1)(c1ccccc1)c1ccccc1. The third kappa shape index (κ3) is 3.87. The van der Waals surface area contributed by atoms with E-state index in [1.165, 1.54) is 0 Å². The Morgan fingerprint density at radius 3 is 1.35 bits per heavy atom. The Morgan fingerprint density at radius 2 is 1.04 bits per heavy atom. The highest BCUT2D eigenvalue weighted by Crippen LogP contribution is 2.41. The van der Waals surface area contributed by atoms with Crippen LogP contribution in [0.2, 0.25) is 0 Å². The molecule has 3 rings (SSSR count). The molecule has 0 aromatic heterocycles. The van der Waals surface area contributed by atoms with E-state index in [2.05, 4.69) is 98.7 Å². The Morgan fingerprint density at radius 1 is 0.692 bits per heavy atom. The second-order valence-electron chi connectivity index (χ2n) is 6.97. The number of hydrogen-bond donors (Lipinski definition) is 0. The van der Waals surface area contributed by atoms with E-state index in [9.17, 15) is 0 Å². The molecule has 1 unspecified atom stereocenters. The lowest BCUT2D eigenvalue weighted by Gasteiger charge is -2.38. The number of hydrogen-bond acceptors (Lipinski definition) is 2. The van der Waals surface area contributed by atoms with Crippen LogP contribution in [0.15, 0.2) is 91.0 Å². The highest BCUT2D eigenvalue weighted by atomic mass is 16.5. The van der Waals surface area contributed by atoms with Crippen LogP contribution in [0, 0.1) is 0 Å². The Bertz CT molecular complexity index is 688. The standard InChI is InChI=1S/C24H27NO/c1-20(19-25(2)3)26-24(21-13-7-4-8-14-21,22-15-9-5-10-16-22)23-17-11-6-12-18-23/h4-18,20H,19H2,1-3H3. The number of ether oxygens (including phenoxy) is 1. The topological polar surface area (TPSA) is 12.5 Å². The van der Waals surface area contributed by atoms with Gasteiger partial charge in [0.1, 0.15) is 5.60 Å². The molecule has 0 bridgehead atoms. The van der Waals surface area contributed by atoms with E-state index in [4.69, 9.17) is 4.74 Å². The Hall–Kier alpha value is -2.42. The Balaban J connectivity index is 2.21. The van der Waals surface area contributed by atoms with Gasteiger partial charge in [0.2, 0.25) is 0 Å². The molecular weight excluding hydrogens is 318 g/mol. The molecule has 3 aromatic carbocycles. The lowest BCUT2D eigenvalue weighted by Crippen LogP contribution is -2.39. The van der Waals surface area contributed by atoms with E-state index < -0.39 is 5.60 Å². The van der Waals surface area contributed by atoms with Crippen LogP contribution in [0.25, 0.3) is 0 Å². The smallest absolute Gasteiger partial charge is 0.144 e. The van der Waals surface area contributed by atoms with Crippen LogP contribution in [0.1, 0.15) is 23.6 Å². The van der Waals surface area contributed by atoms with Gasteiger partial charge in [0.25, 0.3) is 0 Å². The fourth-order valence-corrected chi connectivity index (χ4v) is 3.58. The molecule has 0 aliphatic heterocycles. The lowest BCUT2D eigenvalue weighted by molar-refractivity contribution is -0.0470. The van der Waals surface area contributed by atoms with Gasteiger partial charge in [-0.15, -0.1) is 0 Å². The molecule has 0 radical (unpaired) electrons. The first-order valence-electron chi connectivity index (χ1n) is 9.12. The van der Waals surface area contributed by atoms with Gasteiger partial charge in [-0.2, -0.15) is 0 Å². The van der Waals surface area contributed by atoms with Gasteiger partial charge < -0.3 is 9.64 Å². The molecule has 0 amide bonds. The van der Waals surface area contributed by atoms with Crippen molar-refractivity contribution in [1.29, 1.82) is 0 Å². The quantitative estimate of drug-likeness (QED) is 0.562. The van der Waals surface area contributed by atoms with Gasteiger partial charge in [0.15, 0.2) is 0 Å². The number of rotatable bonds is 7. The van der Waals surface area contributed by atoms with Crippen LogP contribution >= 0.6 is 0 Å². The van der Waals surface area contributed by atoms with Crippen molar-refractivity contribution in [3.63, 3.8) is 0 Å². The predicted molar refractivity (Wildman–Crippen MR) is 108 cm³/mol. The molecule has 0 aliphatic carbocycles. The summed E-state index contributed by atoms with van der Waals surface area (Å²) in [5.41, 5.74) is 2.79. The molecule has 134 valence electrons. The monoisotopic (exact) mass is 345 g/mol. The normalized spacial score (nSPS) is 12.9. The number of benzene rings is 3. The average molecular weight is 345 g/mol. The maximum atomic E-state index is 6.87. The van der Waals surface area contributed by atoms with E-state index in [1.807, 2.05) is 18.2 Å². The van der Waals surface area contributed by atoms with Gasteiger partial charge in [-0.1, -0.05) is 91.0 Å². The van der Waals surface area contributed by atoms with Crippen LogP contribution < -0.4 is 0 Å². The zero-order valence-corrected chi connectivity index (χ0v) is 15.8. The van der Waals surface area contributed by atoms with Crippen molar-refractivity contribution in [1.82, 2.24) is 4.90 Å². The summed E-state index contributed by atoms with van der Waals surface area (Å²) in [4.78, 5) is 2.16. The van der Waals surface area contributed by atoms with Crippen LogP contribution in [-0.4, -0.2) is 31.6 Å². The summed E-state index contributed by atoms with van der Waals surface area (Å²) in [6, 6.07) is 31.6. The molecule has 0 aliphatic rings. The number of likely N-dealkylation sites (N-methyl/N-ethyl adjacent to an activating group) is 1. The summed E-state index contributed by atoms with van der Waals surface area (Å²) in [6.07, 6.45) is 0.0608. The zero-order valence-electron chi connectivity index (χ0n) is 15.8. The van der Waals surface area contributed by atoms with Crippen molar-refractivity contribution in [2.45, 2.75) is 18.6 Å². The molecule has 3 aromatic rings. The molecule has 2 nitrogen and oxygen atoms in total. The van der Waals surface area contributed by atoms with Crippen molar-refractivity contribution in [2.24, 2.45) is 0 Å². The first kappa shape index (κ1) is 18.4. The first-order chi connectivity index (χ1) is 12.6. The van der Waals surface area contributed by atoms with Gasteiger partial charge >= 0.3 is 0 Å². The minimum atomic E-state index is -0.640. The van der Waals surface area contributed by atoms with E-state index in [-0.39, 0.29) is 6.10 Å². The molecule has 0 saturated heterocycles. The fourth-order valence-electron chi connectivity index (χ4n) is 3.58. The highest BCUT2D eigenvalue weighted by Gasteiger charge is 2.38. The summed E-state index contributed by atoms with van der Waals surface area (Å²) in [5, 5.41) is 0. The predicted octanol–water partition coefficient (Wildman–Crippen LogP) is 4.95. The van der Waals surface area contributed by atoms with Crippen LogP contribution in [-0.2, 0) is 10.3 Å². The minimum absolute atomic E-state index is 0.0608. The van der Waals surface area contributed by atoms with Crippen LogP contribution in [0.5, 0.6) is 0 Å². The van der Waals surface area contributed by atoms with Crippen molar-refractivity contribution in [2.75, 3.05) is 20.6 Å². The molecule has 0 spiro atoms. The third-order valence-electron chi connectivity index (χ3n) is 4.54. The lowest BCUT2D eigenvalue weighted by atomic mass is 9.80. The van der Waals surface area contributed by atoms with E-state index in [0.717, 1.165) is 23.2 Å². The van der Waals surface area contributed by atoms with Crippen molar-refractivity contribution < 1.29 is 4.74 Å². The molecule has 2 heteroatoms. The van der Waals surface area contributed by atoms with Crippen LogP contribution in [0.3, 0.4) is 0 Å². The van der Waals surface area contributed by atoms with E-state index >= 15 is 0 Å². The summed E-state index contributed by atoms with van der Waals surface area (Å²) in [5.74, 6) is 0. The maximum absolute atomic E-state index is 6.87. The van der Waals surface area contributed by atoms with E-state index in [1.54, 1.807) is 0 Å². The Kier molecular flexibility index (Phi) is 5.87. The molecule has 0 heterocycles. The zero-order chi connectivity index (χ0) is 18.4. The summed E-state index contributed by atoms with van der Waals surface area (Å²) in [6.45, 7) is 3.00. The minimum Gasteiger partial charge on any atom is -0.357 e. The number of nitrogens with zero attached hydrogens (tertiary/aromatic N) is 1. The van der Waals surface area contributed by atoms with Crippen molar-refractivity contribution >= 4 is 0 Å². The second-order valence-corrected chi connectivity index (χ2v) is 6.97. The summed E-state index contributed by atoms with van der Waals surface area (Å²) < 4.78 is 6.87. The molecule has 0 saturated carbocycles. The fraction of sp³-hybridized carbons (Fsp3) is 0.250. The van der Waals surface area contributed by atoms with Gasteiger partial charge in [-0.05, 0) is 37.7 Å². The Labute approximate surface area is 157 Å². The first-order valence-corrected chi connectivity index (χ1v) is 9.12. The summed E-state index contributed by atoms with van der Waals surface area (Å²) in [7, 11) is 4.16. The highest BCUT2D eigenvalue weighted by molar-refractivity contribution is 5.47. The second kappa shape index (κ2) is 8.31. The molecule has 0 N–H and O–H groups in total. The average Bonchev–Trinajstić information content (AvgIpc) is 2.67. The van der Waals surface area contributed by atoms with Crippen molar-refractivity contribution in [3.05, 3.63) is 108 Å². The summed E-state index contributed by atoms with van der Waals surface area (Å²) >= 11 is 0.